The largest absolute Gasteiger partial charge is 0.377 e. The summed E-state index contributed by atoms with van der Waals surface area (Å²) >= 11 is 6.71. The number of ether oxygens (including phenoxy) is 4. The van der Waals surface area contributed by atoms with Gasteiger partial charge in [0.25, 0.3) is 0 Å². The van der Waals surface area contributed by atoms with Gasteiger partial charge in [-0.3, -0.25) is 0 Å². The number of hydrogen-bond acceptors (Lipinski definition) is 4. The predicted octanol–water partition coefficient (Wildman–Crippen LogP) is 8.70. The Balaban J connectivity index is 1.25. The lowest BCUT2D eigenvalue weighted by atomic mass is 9.93. The maximum atomic E-state index is 6.71. The number of rotatable bonds is 15. The highest BCUT2D eigenvalue weighted by molar-refractivity contribution is 6.31. The molecule has 0 amide bonds. The van der Waals surface area contributed by atoms with Crippen molar-refractivity contribution in [1.82, 2.24) is 0 Å². The van der Waals surface area contributed by atoms with Gasteiger partial charge < -0.3 is 18.9 Å². The topological polar surface area (TPSA) is 36.9 Å². The van der Waals surface area contributed by atoms with Crippen LogP contribution in [-0.2, 0) is 45.0 Å². The molecule has 0 spiro atoms. The molecule has 4 aromatic carbocycles. The first-order chi connectivity index (χ1) is 21.2. The molecule has 43 heavy (non-hydrogen) atoms. The zero-order chi connectivity index (χ0) is 29.7. The Hall–Kier alpha value is -3.25. The summed E-state index contributed by atoms with van der Waals surface area (Å²) in [5, 5.41) is 0.765. The monoisotopic (exact) mass is 596 g/mol. The third-order valence-corrected chi connectivity index (χ3v) is 8.10. The van der Waals surface area contributed by atoms with Crippen molar-refractivity contribution in [1.29, 1.82) is 0 Å². The van der Waals surface area contributed by atoms with E-state index in [1.165, 1.54) is 16.7 Å². The van der Waals surface area contributed by atoms with Crippen LogP contribution in [0, 0.1) is 0 Å². The van der Waals surface area contributed by atoms with Crippen molar-refractivity contribution >= 4 is 11.6 Å². The highest BCUT2D eigenvalue weighted by Crippen LogP contribution is 2.35. The molecular weight excluding hydrogens is 556 g/mol. The van der Waals surface area contributed by atoms with Gasteiger partial charge in [0, 0.05) is 17.9 Å². The van der Waals surface area contributed by atoms with Crippen LogP contribution in [0.5, 0.6) is 0 Å². The van der Waals surface area contributed by atoms with Gasteiger partial charge in [-0.05, 0) is 52.3 Å². The van der Waals surface area contributed by atoms with Gasteiger partial charge in [0.1, 0.15) is 0 Å². The maximum absolute atomic E-state index is 6.71. The van der Waals surface area contributed by atoms with Gasteiger partial charge in [0.2, 0.25) is 0 Å². The van der Waals surface area contributed by atoms with E-state index in [1.807, 2.05) is 42.5 Å². The molecule has 1 heterocycles. The second-order valence-electron chi connectivity index (χ2n) is 11.1. The van der Waals surface area contributed by atoms with Gasteiger partial charge in [-0.15, -0.1) is 6.58 Å². The third-order valence-electron chi connectivity index (χ3n) is 7.73. The molecular formula is C38H41ClO4. The minimum absolute atomic E-state index is 0.0615. The number of hydrogen-bond donors (Lipinski definition) is 0. The minimum Gasteiger partial charge on any atom is -0.377 e. The zero-order valence-electron chi connectivity index (χ0n) is 24.7. The third kappa shape index (κ3) is 9.89. The Morgan fingerprint density at radius 2 is 1.47 bits per heavy atom. The lowest BCUT2D eigenvalue weighted by Crippen LogP contribution is -2.35. The molecule has 4 aromatic rings. The van der Waals surface area contributed by atoms with E-state index < -0.39 is 0 Å². The fourth-order valence-corrected chi connectivity index (χ4v) is 5.62. The Morgan fingerprint density at radius 3 is 2.19 bits per heavy atom. The first-order valence-electron chi connectivity index (χ1n) is 15.1. The van der Waals surface area contributed by atoms with Crippen LogP contribution in [0.4, 0.5) is 0 Å². The molecule has 1 aliphatic heterocycles. The first kappa shape index (κ1) is 31.2. The molecule has 0 radical (unpaired) electrons. The van der Waals surface area contributed by atoms with Crippen molar-refractivity contribution in [2.75, 3.05) is 19.8 Å². The molecule has 0 N–H and O–H groups in total. The molecule has 0 saturated carbocycles. The number of halogens is 1. The lowest BCUT2D eigenvalue weighted by Gasteiger charge is -2.36. The van der Waals surface area contributed by atoms with Gasteiger partial charge in [0.15, 0.2) is 0 Å². The maximum Gasteiger partial charge on any atom is 0.0854 e. The fraction of sp³-hybridized carbons (Fsp3) is 0.316. The minimum atomic E-state index is -0.103. The van der Waals surface area contributed by atoms with Crippen LogP contribution in [0.25, 0.3) is 0 Å². The van der Waals surface area contributed by atoms with Gasteiger partial charge in [-0.25, -0.2) is 0 Å². The highest BCUT2D eigenvalue weighted by Gasteiger charge is 2.31. The van der Waals surface area contributed by atoms with Gasteiger partial charge >= 0.3 is 0 Å². The Labute approximate surface area is 261 Å². The lowest BCUT2D eigenvalue weighted by molar-refractivity contribution is -0.142. The summed E-state index contributed by atoms with van der Waals surface area (Å²) in [6.07, 6.45) is 4.88. The van der Waals surface area contributed by atoms with Crippen molar-refractivity contribution in [3.63, 3.8) is 0 Å². The Kier molecular flexibility index (Phi) is 12.0. The summed E-state index contributed by atoms with van der Waals surface area (Å²) in [5.74, 6) is 0. The molecule has 0 bridgehead atoms. The standard InChI is InChI=1S/C38H41ClO4/c1-2-20-40-21-19-29-13-15-30(16-14-29)22-34-23-33(17-18-37(34)39)38-25-35(42-27-32-11-7-4-8-12-32)24-36(43-38)28-41-26-31-9-5-3-6-10-31/h2-18,23,35-36,38H,1,19-22,24-28H2. The van der Waals surface area contributed by atoms with Crippen molar-refractivity contribution in [3.05, 3.63) is 154 Å². The van der Waals surface area contributed by atoms with Crippen LogP contribution in [0.1, 0.15) is 52.3 Å². The molecule has 5 heteroatoms. The molecule has 3 unspecified atom stereocenters. The SMILES string of the molecule is C=CCOCCc1ccc(Cc2cc(C3CC(OCc4ccccc4)CC(COCc4ccccc4)O3)ccc2Cl)cc1. The molecule has 1 saturated heterocycles. The summed E-state index contributed by atoms with van der Waals surface area (Å²) in [4.78, 5) is 0. The van der Waals surface area contributed by atoms with Crippen molar-refractivity contribution < 1.29 is 18.9 Å². The van der Waals surface area contributed by atoms with Crippen LogP contribution in [0.2, 0.25) is 5.02 Å². The van der Waals surface area contributed by atoms with Crippen molar-refractivity contribution in [2.45, 2.75) is 57.2 Å². The van der Waals surface area contributed by atoms with Crippen LogP contribution in [0.15, 0.2) is 116 Å². The van der Waals surface area contributed by atoms with Crippen LogP contribution < -0.4 is 0 Å². The molecule has 0 aliphatic carbocycles. The number of benzene rings is 4. The van der Waals surface area contributed by atoms with E-state index in [0.29, 0.717) is 33.0 Å². The smallest absolute Gasteiger partial charge is 0.0854 e. The van der Waals surface area contributed by atoms with Gasteiger partial charge in [-0.1, -0.05) is 115 Å². The van der Waals surface area contributed by atoms with E-state index in [0.717, 1.165) is 47.4 Å². The molecule has 5 rings (SSSR count). The first-order valence-corrected chi connectivity index (χ1v) is 15.5. The van der Waals surface area contributed by atoms with Gasteiger partial charge in [0.05, 0.1) is 51.3 Å². The van der Waals surface area contributed by atoms with E-state index in [9.17, 15) is 0 Å². The summed E-state index contributed by atoms with van der Waals surface area (Å²) in [7, 11) is 0. The van der Waals surface area contributed by atoms with Crippen LogP contribution in [0.3, 0.4) is 0 Å². The van der Waals surface area contributed by atoms with Crippen LogP contribution >= 0.6 is 11.6 Å². The normalized spacial score (nSPS) is 18.4. The van der Waals surface area contributed by atoms with Crippen molar-refractivity contribution in [2.24, 2.45) is 0 Å². The fourth-order valence-electron chi connectivity index (χ4n) is 5.43. The molecule has 224 valence electrons. The summed E-state index contributed by atoms with van der Waals surface area (Å²) in [5.41, 5.74) is 7.01. The summed E-state index contributed by atoms with van der Waals surface area (Å²) < 4.78 is 24.7. The zero-order valence-corrected chi connectivity index (χ0v) is 25.5. The van der Waals surface area contributed by atoms with E-state index in [1.54, 1.807) is 6.08 Å². The average molecular weight is 597 g/mol. The molecule has 4 nitrogen and oxygen atoms in total. The molecule has 3 atom stereocenters. The van der Waals surface area contributed by atoms with E-state index in [-0.39, 0.29) is 18.3 Å². The molecule has 0 aromatic heterocycles. The van der Waals surface area contributed by atoms with E-state index in [2.05, 4.69) is 67.2 Å². The predicted molar refractivity (Wildman–Crippen MR) is 173 cm³/mol. The van der Waals surface area contributed by atoms with E-state index >= 15 is 0 Å². The van der Waals surface area contributed by atoms with Crippen LogP contribution in [-0.4, -0.2) is 32.0 Å². The molecule has 1 fully saturated rings. The Bertz CT molecular complexity index is 1390. The molecule has 1 aliphatic rings. The van der Waals surface area contributed by atoms with Gasteiger partial charge in [-0.2, -0.15) is 0 Å². The van der Waals surface area contributed by atoms with Crippen molar-refractivity contribution in [3.8, 4) is 0 Å². The Morgan fingerprint density at radius 1 is 0.767 bits per heavy atom. The second-order valence-corrected chi connectivity index (χ2v) is 11.5. The van der Waals surface area contributed by atoms with E-state index in [4.69, 9.17) is 30.5 Å². The summed E-state index contributed by atoms with van der Waals surface area (Å²) in [6, 6.07) is 35.6. The summed E-state index contributed by atoms with van der Waals surface area (Å²) in [6.45, 7) is 6.62. The highest BCUT2D eigenvalue weighted by atomic mass is 35.5. The average Bonchev–Trinajstić information content (AvgIpc) is 3.05. The quantitative estimate of drug-likeness (QED) is 0.102. The second kappa shape index (κ2) is 16.6.